The molecule has 1 N–H and O–H groups in total. The van der Waals surface area contributed by atoms with Crippen LogP contribution in [0.5, 0.6) is 0 Å². The number of nitrogens with zero attached hydrogens (tertiary/aromatic N) is 2. The van der Waals surface area contributed by atoms with Gasteiger partial charge in [0.1, 0.15) is 5.57 Å². The van der Waals surface area contributed by atoms with Gasteiger partial charge in [-0.25, -0.2) is 9.69 Å². The van der Waals surface area contributed by atoms with Crippen molar-refractivity contribution in [3.8, 4) is 0 Å². The Labute approximate surface area is 188 Å². The van der Waals surface area contributed by atoms with Gasteiger partial charge in [0, 0.05) is 18.3 Å². The third-order valence-electron chi connectivity index (χ3n) is 6.68. The first-order valence-electron chi connectivity index (χ1n) is 11.0. The van der Waals surface area contributed by atoms with E-state index < -0.39 is 17.8 Å². The summed E-state index contributed by atoms with van der Waals surface area (Å²) in [6, 6.07) is 12.5. The highest BCUT2D eigenvalue weighted by Crippen LogP contribution is 2.42. The topological polar surface area (TPSA) is 69.7 Å². The Morgan fingerprint density at radius 1 is 1.09 bits per heavy atom. The summed E-state index contributed by atoms with van der Waals surface area (Å²) < 4.78 is 0. The van der Waals surface area contributed by atoms with Crippen LogP contribution in [-0.4, -0.2) is 30.4 Å². The molecule has 4 amide bonds. The second-order valence-electron chi connectivity index (χ2n) is 9.23. The van der Waals surface area contributed by atoms with Crippen LogP contribution in [0.25, 0.3) is 6.08 Å². The lowest BCUT2D eigenvalue weighted by Gasteiger charge is -2.45. The van der Waals surface area contributed by atoms with Gasteiger partial charge in [0.25, 0.3) is 11.8 Å². The number of aryl methyl sites for hydroxylation is 1. The largest absolute Gasteiger partial charge is 0.369 e. The molecule has 4 rings (SSSR count). The van der Waals surface area contributed by atoms with Gasteiger partial charge in [-0.05, 0) is 73.6 Å². The second kappa shape index (κ2) is 7.93. The fourth-order valence-corrected chi connectivity index (χ4v) is 4.76. The Hall–Kier alpha value is -3.41. The molecule has 2 heterocycles. The van der Waals surface area contributed by atoms with E-state index in [2.05, 4.69) is 38.0 Å². The van der Waals surface area contributed by atoms with Gasteiger partial charge in [-0.3, -0.25) is 14.9 Å². The monoisotopic (exact) mass is 431 g/mol. The number of carbonyl (C=O) groups excluding carboxylic acids is 3. The van der Waals surface area contributed by atoms with E-state index >= 15 is 0 Å². The van der Waals surface area contributed by atoms with Gasteiger partial charge in [0.05, 0.1) is 5.69 Å². The molecule has 32 heavy (non-hydrogen) atoms. The number of benzene rings is 2. The molecule has 6 nitrogen and oxygen atoms in total. The minimum Gasteiger partial charge on any atom is -0.369 e. The van der Waals surface area contributed by atoms with E-state index in [1.54, 1.807) is 18.2 Å². The number of nitrogens with one attached hydrogen (secondary N) is 1. The maximum absolute atomic E-state index is 13.3. The van der Waals surface area contributed by atoms with Crippen LogP contribution < -0.4 is 15.1 Å². The van der Waals surface area contributed by atoms with Crippen molar-refractivity contribution < 1.29 is 14.4 Å². The molecule has 0 unspecified atom stereocenters. The SMILES string of the molecule is CCc1ccccc1N1C(=O)NC(=O)/C(=C\c2ccc3c(c2)[C@H](C)CC(C)(C)N3C)C1=O. The zero-order chi connectivity index (χ0) is 23.2. The molecule has 0 spiro atoms. The molecule has 2 aromatic carbocycles. The number of barbiturate groups is 1. The van der Waals surface area contributed by atoms with Crippen molar-refractivity contribution in [1.29, 1.82) is 0 Å². The van der Waals surface area contributed by atoms with Crippen molar-refractivity contribution in [1.82, 2.24) is 5.32 Å². The van der Waals surface area contributed by atoms with Gasteiger partial charge in [0.15, 0.2) is 0 Å². The molecule has 6 heteroatoms. The number of hydrogen-bond acceptors (Lipinski definition) is 4. The van der Waals surface area contributed by atoms with E-state index in [-0.39, 0.29) is 11.1 Å². The molecule has 0 aliphatic carbocycles. The molecule has 1 fully saturated rings. The highest BCUT2D eigenvalue weighted by atomic mass is 16.2. The lowest BCUT2D eigenvalue weighted by molar-refractivity contribution is -0.122. The minimum absolute atomic E-state index is 0.0485. The van der Waals surface area contributed by atoms with E-state index in [9.17, 15) is 14.4 Å². The summed E-state index contributed by atoms with van der Waals surface area (Å²) in [5.74, 6) is -0.933. The lowest BCUT2D eigenvalue weighted by atomic mass is 9.80. The van der Waals surface area contributed by atoms with E-state index in [0.29, 0.717) is 18.0 Å². The quantitative estimate of drug-likeness (QED) is 0.568. The molecule has 0 bridgehead atoms. The number of hydrogen-bond donors (Lipinski definition) is 1. The van der Waals surface area contributed by atoms with Crippen LogP contribution in [0, 0.1) is 0 Å². The van der Waals surface area contributed by atoms with Gasteiger partial charge in [-0.1, -0.05) is 38.1 Å². The zero-order valence-electron chi connectivity index (χ0n) is 19.2. The van der Waals surface area contributed by atoms with Gasteiger partial charge >= 0.3 is 6.03 Å². The molecule has 0 aromatic heterocycles. The molecule has 0 radical (unpaired) electrons. The standard InChI is InChI=1S/C26H29N3O3/c1-6-18-9-7-8-10-21(18)29-24(31)20(23(30)27-25(29)32)14-17-11-12-22-19(13-17)16(2)15-26(3,4)28(22)5/h7-14,16H,6,15H2,1-5H3,(H,27,30,32)/b20-14+/t16-/m1/s1. The summed E-state index contributed by atoms with van der Waals surface area (Å²) in [6.45, 7) is 8.62. The third-order valence-corrected chi connectivity index (χ3v) is 6.68. The number of fused-ring (bicyclic) bond motifs is 1. The Kier molecular flexibility index (Phi) is 5.41. The number of urea groups is 1. The fourth-order valence-electron chi connectivity index (χ4n) is 4.76. The second-order valence-corrected chi connectivity index (χ2v) is 9.23. The summed E-state index contributed by atoms with van der Waals surface area (Å²) in [5, 5.41) is 2.32. The maximum Gasteiger partial charge on any atom is 0.335 e. The van der Waals surface area contributed by atoms with E-state index in [0.717, 1.165) is 28.1 Å². The van der Waals surface area contributed by atoms with Gasteiger partial charge in [-0.2, -0.15) is 0 Å². The van der Waals surface area contributed by atoms with E-state index in [1.807, 2.05) is 37.3 Å². The zero-order valence-corrected chi connectivity index (χ0v) is 19.2. The Morgan fingerprint density at radius 3 is 2.53 bits per heavy atom. The first-order valence-corrected chi connectivity index (χ1v) is 11.0. The van der Waals surface area contributed by atoms with Crippen LogP contribution in [-0.2, 0) is 16.0 Å². The Bertz CT molecular complexity index is 1150. The maximum atomic E-state index is 13.3. The number of amides is 4. The summed E-state index contributed by atoms with van der Waals surface area (Å²) in [7, 11) is 2.09. The first-order chi connectivity index (χ1) is 15.1. The predicted octanol–water partition coefficient (Wildman–Crippen LogP) is 4.64. The molecule has 166 valence electrons. The molecule has 2 aliphatic heterocycles. The van der Waals surface area contributed by atoms with Gasteiger partial charge < -0.3 is 4.90 Å². The minimum atomic E-state index is -0.721. The number of para-hydroxylation sites is 1. The fraction of sp³-hybridized carbons (Fsp3) is 0.346. The first kappa shape index (κ1) is 21.8. The number of rotatable bonds is 3. The molecule has 0 saturated carbocycles. The number of anilines is 2. The number of imide groups is 2. The van der Waals surface area contributed by atoms with E-state index in [4.69, 9.17) is 0 Å². The van der Waals surface area contributed by atoms with Crippen molar-refractivity contribution in [2.75, 3.05) is 16.8 Å². The van der Waals surface area contributed by atoms with Gasteiger partial charge in [-0.15, -0.1) is 0 Å². The summed E-state index contributed by atoms with van der Waals surface area (Å²) in [5.41, 5.74) is 4.47. The van der Waals surface area contributed by atoms with Crippen molar-refractivity contribution in [3.63, 3.8) is 0 Å². The molecule has 1 atom stereocenters. The average Bonchev–Trinajstić information content (AvgIpc) is 2.75. The molecule has 1 saturated heterocycles. The van der Waals surface area contributed by atoms with Crippen LogP contribution in [0.3, 0.4) is 0 Å². The average molecular weight is 432 g/mol. The van der Waals surface area contributed by atoms with Crippen LogP contribution in [0.15, 0.2) is 48.0 Å². The molecular formula is C26H29N3O3. The van der Waals surface area contributed by atoms with E-state index in [1.165, 1.54) is 5.56 Å². The molecule has 2 aliphatic rings. The predicted molar refractivity (Wildman–Crippen MR) is 127 cm³/mol. The summed E-state index contributed by atoms with van der Waals surface area (Å²) in [4.78, 5) is 41.8. The van der Waals surface area contributed by atoms with Crippen LogP contribution in [0.2, 0.25) is 0 Å². The van der Waals surface area contributed by atoms with Crippen LogP contribution in [0.1, 0.15) is 56.7 Å². The van der Waals surface area contributed by atoms with Crippen molar-refractivity contribution in [2.24, 2.45) is 0 Å². The normalized spacial score (nSPS) is 21.6. The van der Waals surface area contributed by atoms with Crippen molar-refractivity contribution in [3.05, 3.63) is 64.7 Å². The highest BCUT2D eigenvalue weighted by molar-refractivity contribution is 6.39. The number of carbonyl (C=O) groups is 3. The van der Waals surface area contributed by atoms with Gasteiger partial charge in [0.2, 0.25) is 0 Å². The Morgan fingerprint density at radius 2 is 1.81 bits per heavy atom. The summed E-state index contributed by atoms with van der Waals surface area (Å²) >= 11 is 0. The van der Waals surface area contributed by atoms with Crippen molar-refractivity contribution in [2.45, 2.75) is 52.0 Å². The Balaban J connectivity index is 1.74. The molecule has 2 aromatic rings. The smallest absolute Gasteiger partial charge is 0.335 e. The summed E-state index contributed by atoms with van der Waals surface area (Å²) in [6.07, 6.45) is 3.25. The van der Waals surface area contributed by atoms with Crippen molar-refractivity contribution >= 4 is 35.3 Å². The lowest BCUT2D eigenvalue weighted by Crippen LogP contribution is -2.54. The van der Waals surface area contributed by atoms with Crippen LogP contribution in [0.4, 0.5) is 16.2 Å². The highest BCUT2D eigenvalue weighted by Gasteiger charge is 2.38. The third kappa shape index (κ3) is 3.60. The molecular weight excluding hydrogens is 402 g/mol. The van der Waals surface area contributed by atoms with Crippen LogP contribution >= 0.6 is 0 Å².